The molecule has 0 unspecified atom stereocenters. The fourth-order valence-electron chi connectivity index (χ4n) is 1.48. The quantitative estimate of drug-likeness (QED) is 0.847. The first-order chi connectivity index (χ1) is 8.31. The van der Waals surface area contributed by atoms with Crippen molar-refractivity contribution in [1.82, 2.24) is 0 Å². The first-order valence-electron chi connectivity index (χ1n) is 5.83. The molecule has 0 spiro atoms. The number of amides is 1. The number of hydrogen-bond donors (Lipinski definition) is 2. The van der Waals surface area contributed by atoms with E-state index >= 15 is 0 Å². The lowest BCUT2D eigenvalue weighted by molar-refractivity contribution is -0.117. The summed E-state index contributed by atoms with van der Waals surface area (Å²) >= 11 is 0. The topological polar surface area (TPSA) is 64.3 Å². The van der Waals surface area contributed by atoms with Crippen molar-refractivity contribution in [3.8, 4) is 5.75 Å². The summed E-state index contributed by atoms with van der Waals surface area (Å²) in [4.78, 5) is 11.7. The van der Waals surface area contributed by atoms with Gasteiger partial charge in [-0.1, -0.05) is 0 Å². The van der Waals surface area contributed by atoms with Crippen LogP contribution in [0.2, 0.25) is 0 Å². The summed E-state index contributed by atoms with van der Waals surface area (Å²) in [5.41, 5.74) is 5.62. The molecule has 0 heterocycles. The van der Waals surface area contributed by atoms with E-state index in [1.165, 1.54) is 18.2 Å². The highest BCUT2D eigenvalue weighted by molar-refractivity contribution is 5.92. The molecule has 3 N–H and O–H groups in total. The third kappa shape index (κ3) is 4.71. The first-order valence-corrected chi connectivity index (χ1v) is 5.83. The minimum Gasteiger partial charge on any atom is -0.492 e. The molecule has 0 saturated carbocycles. The van der Waals surface area contributed by atoms with Gasteiger partial charge in [-0.25, -0.2) is 4.39 Å². The minimum absolute atomic E-state index is 0.177. The third-order valence-corrected chi connectivity index (χ3v) is 2.13. The Morgan fingerprint density at radius 1 is 1.50 bits per heavy atom. The average Bonchev–Trinajstić information content (AvgIpc) is 2.20. The SMILES string of the molecule is CCOc1cc(F)ccc1NC(=O)CC(C)(C)N. The van der Waals surface area contributed by atoms with Crippen LogP contribution in [-0.4, -0.2) is 18.1 Å². The maximum atomic E-state index is 13.1. The number of anilines is 1. The van der Waals surface area contributed by atoms with Gasteiger partial charge < -0.3 is 15.8 Å². The largest absolute Gasteiger partial charge is 0.492 e. The highest BCUT2D eigenvalue weighted by Gasteiger charge is 2.17. The second-order valence-corrected chi connectivity index (χ2v) is 4.79. The Morgan fingerprint density at radius 3 is 2.72 bits per heavy atom. The standard InChI is InChI=1S/C13H19FN2O2/c1-4-18-11-7-9(14)5-6-10(11)16-12(17)8-13(2,3)15/h5-7H,4,8,15H2,1-3H3,(H,16,17). The number of carbonyl (C=O) groups is 1. The van der Waals surface area contributed by atoms with Gasteiger partial charge in [0.2, 0.25) is 5.91 Å². The molecule has 0 fully saturated rings. The monoisotopic (exact) mass is 254 g/mol. The molecule has 4 nitrogen and oxygen atoms in total. The molecule has 1 aromatic rings. The van der Waals surface area contributed by atoms with Crippen molar-refractivity contribution in [3.05, 3.63) is 24.0 Å². The van der Waals surface area contributed by atoms with E-state index in [0.29, 0.717) is 18.0 Å². The normalized spacial score (nSPS) is 11.2. The number of halogens is 1. The van der Waals surface area contributed by atoms with Crippen LogP contribution in [0.5, 0.6) is 5.75 Å². The van der Waals surface area contributed by atoms with E-state index in [9.17, 15) is 9.18 Å². The molecule has 1 amide bonds. The lowest BCUT2D eigenvalue weighted by Crippen LogP contribution is -2.36. The Hall–Kier alpha value is -1.62. The molecule has 0 aliphatic carbocycles. The van der Waals surface area contributed by atoms with Crippen molar-refractivity contribution in [3.63, 3.8) is 0 Å². The maximum absolute atomic E-state index is 13.1. The number of carbonyl (C=O) groups excluding carboxylic acids is 1. The Morgan fingerprint density at radius 2 is 2.17 bits per heavy atom. The molecule has 0 radical (unpaired) electrons. The number of nitrogens with two attached hydrogens (primary N) is 1. The molecule has 5 heteroatoms. The molecule has 0 saturated heterocycles. The lowest BCUT2D eigenvalue weighted by atomic mass is 10.0. The first kappa shape index (κ1) is 14.4. The molecular formula is C13H19FN2O2. The van der Waals surface area contributed by atoms with Gasteiger partial charge in [0, 0.05) is 18.0 Å². The van der Waals surface area contributed by atoms with Gasteiger partial charge in [-0.15, -0.1) is 0 Å². The van der Waals surface area contributed by atoms with Crippen LogP contribution in [0.3, 0.4) is 0 Å². The zero-order valence-electron chi connectivity index (χ0n) is 10.9. The smallest absolute Gasteiger partial charge is 0.226 e. The van der Waals surface area contributed by atoms with Gasteiger partial charge >= 0.3 is 0 Å². The van der Waals surface area contributed by atoms with Gasteiger partial charge in [-0.2, -0.15) is 0 Å². The van der Waals surface area contributed by atoms with Crippen molar-refractivity contribution >= 4 is 11.6 Å². The number of nitrogens with one attached hydrogen (secondary N) is 1. The number of benzene rings is 1. The van der Waals surface area contributed by atoms with E-state index in [4.69, 9.17) is 10.5 Å². The van der Waals surface area contributed by atoms with Crippen LogP contribution in [0, 0.1) is 5.82 Å². The number of ether oxygens (including phenoxy) is 1. The predicted octanol–water partition coefficient (Wildman–Crippen LogP) is 2.29. The molecule has 0 bridgehead atoms. The summed E-state index contributed by atoms with van der Waals surface area (Å²) in [7, 11) is 0. The summed E-state index contributed by atoms with van der Waals surface area (Å²) in [6.07, 6.45) is 0.177. The van der Waals surface area contributed by atoms with Gasteiger partial charge in [0.15, 0.2) is 0 Å². The van der Waals surface area contributed by atoms with Crippen molar-refractivity contribution in [2.75, 3.05) is 11.9 Å². The van der Waals surface area contributed by atoms with E-state index in [1.54, 1.807) is 20.8 Å². The Balaban J connectivity index is 2.80. The van der Waals surface area contributed by atoms with Crippen LogP contribution < -0.4 is 15.8 Å². The maximum Gasteiger partial charge on any atom is 0.226 e. The van der Waals surface area contributed by atoms with E-state index < -0.39 is 11.4 Å². The van der Waals surface area contributed by atoms with E-state index in [0.717, 1.165) is 0 Å². The van der Waals surface area contributed by atoms with Gasteiger partial charge in [0.1, 0.15) is 11.6 Å². The van der Waals surface area contributed by atoms with Crippen molar-refractivity contribution in [2.24, 2.45) is 5.73 Å². The summed E-state index contributed by atoms with van der Waals surface area (Å²) in [5.74, 6) is -0.314. The number of hydrogen-bond acceptors (Lipinski definition) is 3. The van der Waals surface area contributed by atoms with Gasteiger partial charge in [0.25, 0.3) is 0 Å². The average molecular weight is 254 g/mol. The van der Waals surface area contributed by atoms with Crippen molar-refractivity contribution in [1.29, 1.82) is 0 Å². The molecule has 0 atom stereocenters. The Labute approximate surface area is 106 Å². The zero-order chi connectivity index (χ0) is 13.8. The molecule has 0 aliphatic rings. The van der Waals surface area contributed by atoms with E-state index in [2.05, 4.69) is 5.32 Å². The molecule has 100 valence electrons. The molecule has 1 rings (SSSR count). The second kappa shape index (κ2) is 5.82. The summed E-state index contributed by atoms with van der Waals surface area (Å²) in [6, 6.07) is 3.99. The highest BCUT2D eigenvalue weighted by Crippen LogP contribution is 2.25. The molecular weight excluding hydrogens is 235 g/mol. The van der Waals surface area contributed by atoms with Crippen LogP contribution in [0.4, 0.5) is 10.1 Å². The van der Waals surface area contributed by atoms with Crippen LogP contribution >= 0.6 is 0 Å². The summed E-state index contributed by atoms with van der Waals surface area (Å²) < 4.78 is 18.3. The van der Waals surface area contributed by atoms with E-state index in [1.807, 2.05) is 0 Å². The molecule has 18 heavy (non-hydrogen) atoms. The Bertz CT molecular complexity index is 427. The van der Waals surface area contributed by atoms with Crippen molar-refractivity contribution < 1.29 is 13.9 Å². The van der Waals surface area contributed by atoms with Crippen LogP contribution in [0.25, 0.3) is 0 Å². The van der Waals surface area contributed by atoms with Crippen LogP contribution in [-0.2, 0) is 4.79 Å². The van der Waals surface area contributed by atoms with Crippen molar-refractivity contribution in [2.45, 2.75) is 32.7 Å². The number of rotatable bonds is 5. The fourth-order valence-corrected chi connectivity index (χ4v) is 1.48. The second-order valence-electron chi connectivity index (χ2n) is 4.79. The third-order valence-electron chi connectivity index (χ3n) is 2.13. The minimum atomic E-state index is -0.587. The lowest BCUT2D eigenvalue weighted by Gasteiger charge is -2.18. The predicted molar refractivity (Wildman–Crippen MR) is 69.1 cm³/mol. The van der Waals surface area contributed by atoms with Gasteiger partial charge in [-0.3, -0.25) is 4.79 Å². The van der Waals surface area contributed by atoms with Gasteiger partial charge in [0.05, 0.1) is 12.3 Å². The molecule has 0 aliphatic heterocycles. The van der Waals surface area contributed by atoms with E-state index in [-0.39, 0.29) is 12.3 Å². The highest BCUT2D eigenvalue weighted by atomic mass is 19.1. The summed E-state index contributed by atoms with van der Waals surface area (Å²) in [6.45, 7) is 5.72. The molecule has 0 aromatic heterocycles. The van der Waals surface area contributed by atoms with Crippen LogP contribution in [0.1, 0.15) is 27.2 Å². The molecule has 1 aromatic carbocycles. The van der Waals surface area contributed by atoms with Crippen LogP contribution in [0.15, 0.2) is 18.2 Å². The fraction of sp³-hybridized carbons (Fsp3) is 0.462. The zero-order valence-corrected chi connectivity index (χ0v) is 10.9. The summed E-state index contributed by atoms with van der Waals surface area (Å²) in [5, 5.41) is 2.67. The van der Waals surface area contributed by atoms with Gasteiger partial charge in [-0.05, 0) is 32.9 Å². The Kier molecular flexibility index (Phi) is 4.67.